The van der Waals surface area contributed by atoms with Crippen LogP contribution >= 0.6 is 0 Å². The molecule has 0 bridgehead atoms. The van der Waals surface area contributed by atoms with Crippen LogP contribution in [0.1, 0.15) is 32.8 Å². The maximum Gasteiger partial charge on any atom is 0.0918 e. The maximum absolute atomic E-state index is 7.28. The van der Waals surface area contributed by atoms with Crippen LogP contribution < -0.4 is 5.73 Å². The SMILES string of the molecule is CCn1cc(CN(CCC(=N)N)C(C)C)cn1. The van der Waals surface area contributed by atoms with E-state index in [2.05, 4.69) is 37.0 Å². The van der Waals surface area contributed by atoms with Gasteiger partial charge < -0.3 is 5.73 Å². The van der Waals surface area contributed by atoms with Crippen molar-refractivity contribution in [3.05, 3.63) is 18.0 Å². The van der Waals surface area contributed by atoms with E-state index in [0.717, 1.165) is 19.6 Å². The van der Waals surface area contributed by atoms with Crippen LogP contribution in [0.15, 0.2) is 12.4 Å². The molecule has 1 aromatic rings. The van der Waals surface area contributed by atoms with Crippen molar-refractivity contribution in [1.29, 1.82) is 5.41 Å². The van der Waals surface area contributed by atoms with Crippen LogP contribution in [-0.4, -0.2) is 33.1 Å². The van der Waals surface area contributed by atoms with Crippen molar-refractivity contribution >= 4 is 5.84 Å². The third kappa shape index (κ3) is 4.56. The average molecular weight is 237 g/mol. The summed E-state index contributed by atoms with van der Waals surface area (Å²) in [7, 11) is 0. The van der Waals surface area contributed by atoms with Gasteiger partial charge in [0.15, 0.2) is 0 Å². The highest BCUT2D eigenvalue weighted by Crippen LogP contribution is 2.08. The largest absolute Gasteiger partial charge is 0.388 e. The van der Waals surface area contributed by atoms with E-state index in [4.69, 9.17) is 11.1 Å². The molecule has 0 atom stereocenters. The van der Waals surface area contributed by atoms with Crippen LogP contribution in [0.25, 0.3) is 0 Å². The summed E-state index contributed by atoms with van der Waals surface area (Å²) in [5.41, 5.74) is 6.61. The van der Waals surface area contributed by atoms with Gasteiger partial charge in [-0.15, -0.1) is 0 Å². The molecule has 1 heterocycles. The zero-order chi connectivity index (χ0) is 12.8. The highest BCUT2D eigenvalue weighted by atomic mass is 15.3. The molecule has 1 rings (SSSR count). The third-order valence-corrected chi connectivity index (χ3v) is 2.80. The second kappa shape index (κ2) is 6.39. The van der Waals surface area contributed by atoms with Crippen molar-refractivity contribution in [2.24, 2.45) is 5.73 Å². The number of nitrogens with zero attached hydrogens (tertiary/aromatic N) is 3. The van der Waals surface area contributed by atoms with Crippen molar-refractivity contribution in [3.63, 3.8) is 0 Å². The van der Waals surface area contributed by atoms with Gasteiger partial charge in [0.05, 0.1) is 12.0 Å². The summed E-state index contributed by atoms with van der Waals surface area (Å²) in [5.74, 6) is 0.250. The minimum atomic E-state index is 0.250. The third-order valence-electron chi connectivity index (χ3n) is 2.80. The van der Waals surface area contributed by atoms with Gasteiger partial charge >= 0.3 is 0 Å². The minimum absolute atomic E-state index is 0.250. The Morgan fingerprint density at radius 3 is 2.76 bits per heavy atom. The quantitative estimate of drug-likeness (QED) is 0.557. The Balaban J connectivity index is 2.56. The molecule has 0 saturated carbocycles. The van der Waals surface area contributed by atoms with Gasteiger partial charge in [-0.25, -0.2) is 0 Å². The van der Waals surface area contributed by atoms with Crippen LogP contribution in [0.3, 0.4) is 0 Å². The van der Waals surface area contributed by atoms with E-state index in [1.54, 1.807) is 0 Å². The lowest BCUT2D eigenvalue weighted by Crippen LogP contribution is -2.33. The molecule has 5 nitrogen and oxygen atoms in total. The van der Waals surface area contributed by atoms with E-state index in [-0.39, 0.29) is 5.84 Å². The second-order valence-corrected chi connectivity index (χ2v) is 4.54. The highest BCUT2D eigenvalue weighted by molar-refractivity contribution is 5.76. The molecule has 1 aromatic heterocycles. The van der Waals surface area contributed by atoms with Gasteiger partial charge in [-0.05, 0) is 20.8 Å². The molecule has 0 spiro atoms. The zero-order valence-corrected chi connectivity index (χ0v) is 11.0. The molecule has 5 heteroatoms. The smallest absolute Gasteiger partial charge is 0.0918 e. The summed E-state index contributed by atoms with van der Waals surface area (Å²) < 4.78 is 1.93. The number of hydrogen-bond donors (Lipinski definition) is 2. The molecule has 0 saturated heterocycles. The van der Waals surface area contributed by atoms with Crippen molar-refractivity contribution < 1.29 is 0 Å². The van der Waals surface area contributed by atoms with Gasteiger partial charge in [-0.3, -0.25) is 15.0 Å². The van der Waals surface area contributed by atoms with E-state index >= 15 is 0 Å². The lowest BCUT2D eigenvalue weighted by Gasteiger charge is -2.25. The predicted octanol–water partition coefficient (Wildman–Crippen LogP) is 1.44. The number of hydrogen-bond acceptors (Lipinski definition) is 3. The van der Waals surface area contributed by atoms with Crippen molar-refractivity contribution in [3.8, 4) is 0 Å². The Bertz CT molecular complexity index is 356. The second-order valence-electron chi connectivity index (χ2n) is 4.54. The summed E-state index contributed by atoms with van der Waals surface area (Å²) in [5, 5.41) is 11.5. The summed E-state index contributed by atoms with van der Waals surface area (Å²) in [6.45, 7) is 8.98. The molecule has 0 radical (unpaired) electrons. The normalized spacial score (nSPS) is 11.4. The molecule has 17 heavy (non-hydrogen) atoms. The first-order valence-corrected chi connectivity index (χ1v) is 6.11. The van der Waals surface area contributed by atoms with E-state index < -0.39 is 0 Å². The van der Waals surface area contributed by atoms with Crippen LogP contribution in [-0.2, 0) is 13.1 Å². The molecule has 0 aliphatic rings. The first-order valence-electron chi connectivity index (χ1n) is 6.11. The fraction of sp³-hybridized carbons (Fsp3) is 0.667. The van der Waals surface area contributed by atoms with Gasteiger partial charge in [0.25, 0.3) is 0 Å². The molecular formula is C12H23N5. The summed E-state index contributed by atoms with van der Waals surface area (Å²) >= 11 is 0. The predicted molar refractivity (Wildman–Crippen MR) is 70.0 cm³/mol. The fourth-order valence-corrected chi connectivity index (χ4v) is 1.68. The average Bonchev–Trinajstić information content (AvgIpc) is 2.71. The first-order chi connectivity index (χ1) is 8.02. The molecule has 0 aliphatic carbocycles. The topological polar surface area (TPSA) is 70.9 Å². The number of rotatable bonds is 7. The van der Waals surface area contributed by atoms with Crippen LogP contribution in [0.2, 0.25) is 0 Å². The Morgan fingerprint density at radius 2 is 2.29 bits per heavy atom. The summed E-state index contributed by atoms with van der Waals surface area (Å²) in [6, 6.07) is 0.444. The van der Waals surface area contributed by atoms with Crippen molar-refractivity contribution in [1.82, 2.24) is 14.7 Å². The monoisotopic (exact) mass is 237 g/mol. The van der Waals surface area contributed by atoms with E-state index in [1.807, 2.05) is 10.9 Å². The Kier molecular flexibility index (Phi) is 5.15. The lowest BCUT2D eigenvalue weighted by atomic mass is 10.2. The molecule has 0 fully saturated rings. The lowest BCUT2D eigenvalue weighted by molar-refractivity contribution is 0.219. The maximum atomic E-state index is 7.28. The Morgan fingerprint density at radius 1 is 1.59 bits per heavy atom. The number of amidine groups is 1. The fourth-order valence-electron chi connectivity index (χ4n) is 1.68. The van der Waals surface area contributed by atoms with E-state index in [9.17, 15) is 0 Å². The molecule has 0 unspecified atom stereocenters. The highest BCUT2D eigenvalue weighted by Gasteiger charge is 2.11. The van der Waals surface area contributed by atoms with Gasteiger partial charge in [-0.2, -0.15) is 5.10 Å². The number of nitrogens with two attached hydrogens (primary N) is 1. The molecule has 0 amide bonds. The van der Waals surface area contributed by atoms with Crippen molar-refractivity contribution in [2.45, 2.75) is 46.3 Å². The Labute approximate surface area is 103 Å². The van der Waals surface area contributed by atoms with Gasteiger partial charge in [-0.1, -0.05) is 0 Å². The van der Waals surface area contributed by atoms with Crippen LogP contribution in [0.5, 0.6) is 0 Å². The van der Waals surface area contributed by atoms with Crippen LogP contribution in [0.4, 0.5) is 0 Å². The van der Waals surface area contributed by atoms with Crippen molar-refractivity contribution in [2.75, 3.05) is 6.54 Å². The molecule has 3 N–H and O–H groups in total. The van der Waals surface area contributed by atoms with E-state index in [1.165, 1.54) is 5.56 Å². The summed E-state index contributed by atoms with van der Waals surface area (Å²) in [6.07, 6.45) is 4.61. The minimum Gasteiger partial charge on any atom is -0.388 e. The van der Waals surface area contributed by atoms with Gasteiger partial charge in [0, 0.05) is 43.9 Å². The molecule has 0 aliphatic heterocycles. The number of aryl methyl sites for hydroxylation is 1. The molecule has 0 aromatic carbocycles. The van der Waals surface area contributed by atoms with E-state index in [0.29, 0.717) is 12.5 Å². The number of nitrogens with one attached hydrogen (secondary N) is 1. The molecule has 96 valence electrons. The molecular weight excluding hydrogens is 214 g/mol. The summed E-state index contributed by atoms with van der Waals surface area (Å²) in [4.78, 5) is 2.30. The van der Waals surface area contributed by atoms with Crippen LogP contribution in [0, 0.1) is 5.41 Å². The standard InChI is InChI=1S/C12H23N5/c1-4-17-9-11(7-15-17)8-16(10(2)3)6-5-12(13)14/h7,9-10H,4-6,8H2,1-3H3,(H3,13,14). The zero-order valence-electron chi connectivity index (χ0n) is 11.0. The first kappa shape index (κ1) is 13.7. The number of aromatic nitrogens is 2. The van der Waals surface area contributed by atoms with Gasteiger partial charge in [0.2, 0.25) is 0 Å². The Hall–Kier alpha value is -1.36. The van der Waals surface area contributed by atoms with Gasteiger partial charge in [0.1, 0.15) is 0 Å².